The molecule has 0 saturated carbocycles. The predicted octanol–water partition coefficient (Wildman–Crippen LogP) is 2.60. The Balaban J connectivity index is 2.21. The number of amides is 1. The van der Waals surface area contributed by atoms with E-state index in [9.17, 15) is 4.79 Å². The van der Waals surface area contributed by atoms with Crippen LogP contribution in [0.5, 0.6) is 0 Å². The van der Waals surface area contributed by atoms with Gasteiger partial charge in [-0.3, -0.25) is 4.79 Å². The molecule has 18 heavy (non-hydrogen) atoms. The summed E-state index contributed by atoms with van der Waals surface area (Å²) in [6, 6.07) is 9.43. The number of carbonyl (C=O) groups is 1. The molecular formula is C14H15N3O. The maximum absolute atomic E-state index is 12.0. The Labute approximate surface area is 106 Å². The van der Waals surface area contributed by atoms with Gasteiger partial charge in [-0.15, -0.1) is 0 Å². The van der Waals surface area contributed by atoms with Crippen molar-refractivity contribution in [1.29, 1.82) is 0 Å². The van der Waals surface area contributed by atoms with Gasteiger partial charge >= 0.3 is 0 Å². The largest absolute Gasteiger partial charge is 0.320 e. The second-order valence-corrected chi connectivity index (χ2v) is 4.01. The number of carbonyl (C=O) groups excluding carboxylic acids is 1. The van der Waals surface area contributed by atoms with Crippen molar-refractivity contribution in [3.8, 4) is 0 Å². The molecule has 4 nitrogen and oxygen atoms in total. The van der Waals surface area contributed by atoms with Gasteiger partial charge in [0.15, 0.2) is 0 Å². The van der Waals surface area contributed by atoms with Crippen LogP contribution in [0.2, 0.25) is 0 Å². The lowest BCUT2D eigenvalue weighted by molar-refractivity contribution is 0.102. The second-order valence-electron chi connectivity index (χ2n) is 4.01. The van der Waals surface area contributed by atoms with Crippen molar-refractivity contribution < 1.29 is 4.79 Å². The minimum Gasteiger partial charge on any atom is -0.320 e. The van der Waals surface area contributed by atoms with Crippen LogP contribution in [0.4, 0.5) is 5.69 Å². The fourth-order valence-corrected chi connectivity index (χ4v) is 1.72. The molecule has 0 spiro atoms. The van der Waals surface area contributed by atoms with Gasteiger partial charge in [-0.1, -0.05) is 25.1 Å². The average Bonchev–Trinajstić information content (AvgIpc) is 2.39. The molecule has 1 aromatic heterocycles. The molecule has 1 heterocycles. The molecule has 0 aliphatic heterocycles. The summed E-state index contributed by atoms with van der Waals surface area (Å²) in [5.41, 5.74) is 3.10. The normalized spacial score (nSPS) is 10.1. The molecule has 1 N–H and O–H groups in total. The van der Waals surface area contributed by atoms with E-state index in [0.717, 1.165) is 23.4 Å². The van der Waals surface area contributed by atoms with Crippen molar-refractivity contribution in [3.05, 3.63) is 53.6 Å². The van der Waals surface area contributed by atoms with Gasteiger partial charge < -0.3 is 5.32 Å². The number of rotatable bonds is 3. The van der Waals surface area contributed by atoms with Crippen molar-refractivity contribution in [2.45, 2.75) is 20.3 Å². The zero-order chi connectivity index (χ0) is 13.0. The highest BCUT2D eigenvalue weighted by molar-refractivity contribution is 6.03. The number of aromatic nitrogens is 2. The highest BCUT2D eigenvalue weighted by atomic mass is 16.1. The van der Waals surface area contributed by atoms with Crippen LogP contribution < -0.4 is 5.32 Å². The number of benzene rings is 1. The number of hydrogen-bond acceptors (Lipinski definition) is 3. The molecule has 1 aromatic carbocycles. The van der Waals surface area contributed by atoms with Gasteiger partial charge in [-0.05, 0) is 31.0 Å². The highest BCUT2D eigenvalue weighted by Gasteiger charge is 2.09. The number of nitrogens with zero attached hydrogens (tertiary/aromatic N) is 2. The first-order valence-electron chi connectivity index (χ1n) is 5.88. The van der Waals surface area contributed by atoms with Crippen LogP contribution in [-0.2, 0) is 6.42 Å². The minimum absolute atomic E-state index is 0.207. The first-order chi connectivity index (χ1) is 8.70. The van der Waals surface area contributed by atoms with Gasteiger partial charge in [-0.2, -0.15) is 0 Å². The molecule has 4 heteroatoms. The lowest BCUT2D eigenvalue weighted by atomic mass is 10.1. The number of nitrogens with one attached hydrogen (secondary N) is 1. The van der Waals surface area contributed by atoms with E-state index in [1.54, 1.807) is 6.07 Å². The third kappa shape index (κ3) is 2.71. The van der Waals surface area contributed by atoms with Gasteiger partial charge in [0.25, 0.3) is 5.91 Å². The fourth-order valence-electron chi connectivity index (χ4n) is 1.72. The Morgan fingerprint density at radius 2 is 2.06 bits per heavy atom. The molecule has 0 fully saturated rings. The molecule has 0 radical (unpaired) electrons. The lowest BCUT2D eigenvalue weighted by Crippen LogP contribution is -2.15. The monoisotopic (exact) mass is 241 g/mol. The first kappa shape index (κ1) is 12.2. The maximum Gasteiger partial charge on any atom is 0.274 e. The summed E-state index contributed by atoms with van der Waals surface area (Å²) >= 11 is 0. The molecular weight excluding hydrogens is 226 g/mol. The summed E-state index contributed by atoms with van der Waals surface area (Å²) in [6.45, 7) is 3.89. The van der Waals surface area contributed by atoms with E-state index in [4.69, 9.17) is 0 Å². The van der Waals surface area contributed by atoms with E-state index >= 15 is 0 Å². The van der Waals surface area contributed by atoms with Crippen LogP contribution in [0.3, 0.4) is 0 Å². The molecule has 1 amide bonds. The summed E-state index contributed by atoms with van der Waals surface area (Å²) in [5, 5.41) is 2.88. The van der Waals surface area contributed by atoms with Gasteiger partial charge in [0.2, 0.25) is 0 Å². The molecule has 0 bridgehead atoms. The van der Waals surface area contributed by atoms with Crippen molar-refractivity contribution in [1.82, 2.24) is 9.97 Å². The van der Waals surface area contributed by atoms with E-state index in [2.05, 4.69) is 22.2 Å². The number of para-hydroxylation sites is 1. The Bertz CT molecular complexity index is 566. The van der Waals surface area contributed by atoms with Crippen LogP contribution in [0.15, 0.2) is 36.7 Å². The topological polar surface area (TPSA) is 54.9 Å². The van der Waals surface area contributed by atoms with Crippen molar-refractivity contribution in [2.75, 3.05) is 5.32 Å². The summed E-state index contributed by atoms with van der Waals surface area (Å²) in [7, 11) is 0. The molecule has 0 unspecified atom stereocenters. The first-order valence-corrected chi connectivity index (χ1v) is 5.88. The third-order valence-electron chi connectivity index (χ3n) is 2.68. The predicted molar refractivity (Wildman–Crippen MR) is 70.5 cm³/mol. The Kier molecular flexibility index (Phi) is 3.67. The number of hydrogen-bond donors (Lipinski definition) is 1. The van der Waals surface area contributed by atoms with E-state index in [-0.39, 0.29) is 5.91 Å². The van der Waals surface area contributed by atoms with Crippen LogP contribution in [0.1, 0.15) is 28.7 Å². The minimum atomic E-state index is -0.207. The van der Waals surface area contributed by atoms with Crippen molar-refractivity contribution >= 4 is 11.6 Å². The summed E-state index contributed by atoms with van der Waals surface area (Å²) in [4.78, 5) is 20.0. The van der Waals surface area contributed by atoms with Crippen LogP contribution in [-0.4, -0.2) is 15.9 Å². The Morgan fingerprint density at radius 3 is 2.78 bits per heavy atom. The highest BCUT2D eigenvalue weighted by Crippen LogP contribution is 2.16. The smallest absolute Gasteiger partial charge is 0.274 e. The SMILES string of the molecule is CCc1ccccc1NC(=O)c1cc(C)ncn1. The zero-order valence-corrected chi connectivity index (χ0v) is 10.5. The molecule has 0 aliphatic rings. The van der Waals surface area contributed by atoms with E-state index in [1.165, 1.54) is 6.33 Å². The number of anilines is 1. The lowest BCUT2D eigenvalue weighted by Gasteiger charge is -2.09. The number of aryl methyl sites for hydroxylation is 2. The molecule has 0 saturated heterocycles. The third-order valence-corrected chi connectivity index (χ3v) is 2.68. The average molecular weight is 241 g/mol. The van der Waals surface area contributed by atoms with E-state index < -0.39 is 0 Å². The van der Waals surface area contributed by atoms with Crippen LogP contribution >= 0.6 is 0 Å². The van der Waals surface area contributed by atoms with E-state index in [1.807, 2.05) is 31.2 Å². The summed E-state index contributed by atoms with van der Waals surface area (Å²) < 4.78 is 0. The fraction of sp³-hybridized carbons (Fsp3) is 0.214. The molecule has 0 aliphatic carbocycles. The Morgan fingerprint density at radius 1 is 1.28 bits per heavy atom. The van der Waals surface area contributed by atoms with Gasteiger partial charge in [0.1, 0.15) is 12.0 Å². The maximum atomic E-state index is 12.0. The summed E-state index contributed by atoms with van der Waals surface area (Å²) in [5.74, 6) is -0.207. The standard InChI is InChI=1S/C14H15N3O/c1-3-11-6-4-5-7-12(11)17-14(18)13-8-10(2)15-9-16-13/h4-9H,3H2,1-2H3,(H,17,18). The summed E-state index contributed by atoms with van der Waals surface area (Å²) in [6.07, 6.45) is 2.27. The second kappa shape index (κ2) is 5.40. The molecule has 2 rings (SSSR count). The van der Waals surface area contributed by atoms with Crippen molar-refractivity contribution in [3.63, 3.8) is 0 Å². The molecule has 2 aromatic rings. The molecule has 0 atom stereocenters. The van der Waals surface area contributed by atoms with Crippen LogP contribution in [0.25, 0.3) is 0 Å². The van der Waals surface area contributed by atoms with Crippen LogP contribution in [0, 0.1) is 6.92 Å². The van der Waals surface area contributed by atoms with E-state index in [0.29, 0.717) is 5.69 Å². The van der Waals surface area contributed by atoms with Gasteiger partial charge in [-0.25, -0.2) is 9.97 Å². The van der Waals surface area contributed by atoms with Gasteiger partial charge in [0.05, 0.1) is 0 Å². The Hall–Kier alpha value is -2.23. The zero-order valence-electron chi connectivity index (χ0n) is 10.5. The van der Waals surface area contributed by atoms with Gasteiger partial charge in [0, 0.05) is 11.4 Å². The quantitative estimate of drug-likeness (QED) is 0.898. The van der Waals surface area contributed by atoms with Crippen molar-refractivity contribution in [2.24, 2.45) is 0 Å². The molecule has 92 valence electrons.